The quantitative estimate of drug-likeness (QED) is 0.782. The average molecular weight is 248 g/mol. The molecule has 0 aliphatic heterocycles. The van der Waals surface area contributed by atoms with Gasteiger partial charge in [0.25, 0.3) is 0 Å². The summed E-state index contributed by atoms with van der Waals surface area (Å²) in [5.74, 6) is 0.761. The lowest BCUT2D eigenvalue weighted by Gasteiger charge is -2.06. The van der Waals surface area contributed by atoms with Gasteiger partial charge in [-0.05, 0) is 37.9 Å². The summed E-state index contributed by atoms with van der Waals surface area (Å²) in [5, 5.41) is 1.07. The maximum atomic E-state index is 5.85. The van der Waals surface area contributed by atoms with Crippen molar-refractivity contribution in [1.29, 1.82) is 0 Å². The molecule has 0 bridgehead atoms. The fourth-order valence-electron chi connectivity index (χ4n) is 1.18. The Hall–Kier alpha value is -0.440. The summed E-state index contributed by atoms with van der Waals surface area (Å²) in [6.07, 6.45) is 3.15. The van der Waals surface area contributed by atoms with Gasteiger partial charge in [0.05, 0.1) is 16.7 Å². The van der Waals surface area contributed by atoms with Crippen LogP contribution in [0.25, 0.3) is 0 Å². The molecule has 84 valence electrons. The van der Waals surface area contributed by atoms with Crippen LogP contribution in [0.3, 0.4) is 0 Å². The molecule has 0 saturated heterocycles. The zero-order valence-corrected chi connectivity index (χ0v) is 10.0. The van der Waals surface area contributed by atoms with E-state index in [1.54, 1.807) is 12.1 Å². The van der Waals surface area contributed by atoms with Crippen LogP contribution in [0.5, 0.6) is 5.75 Å². The van der Waals surface area contributed by atoms with E-state index < -0.39 is 0 Å². The molecule has 15 heavy (non-hydrogen) atoms. The molecule has 0 heterocycles. The van der Waals surface area contributed by atoms with Crippen molar-refractivity contribution in [2.24, 2.45) is 5.73 Å². The molecule has 1 aromatic carbocycles. The Bertz CT molecular complexity index is 305. The number of hydrogen-bond acceptors (Lipinski definition) is 2. The van der Waals surface area contributed by atoms with Crippen LogP contribution >= 0.6 is 23.2 Å². The highest BCUT2D eigenvalue weighted by atomic mass is 35.5. The van der Waals surface area contributed by atoms with E-state index in [1.807, 2.05) is 6.07 Å². The summed E-state index contributed by atoms with van der Waals surface area (Å²) in [6, 6.07) is 5.28. The molecule has 4 heteroatoms. The lowest BCUT2D eigenvalue weighted by molar-refractivity contribution is 0.305. The molecule has 0 aliphatic carbocycles. The minimum Gasteiger partial charge on any atom is -0.494 e. The third-order valence-corrected chi connectivity index (χ3v) is 2.75. The Morgan fingerprint density at radius 3 is 2.53 bits per heavy atom. The first-order chi connectivity index (χ1) is 7.24. The van der Waals surface area contributed by atoms with E-state index in [0.29, 0.717) is 16.7 Å². The number of unbranched alkanes of at least 4 members (excludes halogenated alkanes) is 2. The van der Waals surface area contributed by atoms with Crippen molar-refractivity contribution in [1.82, 2.24) is 0 Å². The molecule has 1 aromatic rings. The first-order valence-electron chi connectivity index (χ1n) is 5.02. The summed E-state index contributed by atoms with van der Waals surface area (Å²) in [4.78, 5) is 0. The number of halogens is 2. The highest BCUT2D eigenvalue weighted by Gasteiger charge is 1.99. The van der Waals surface area contributed by atoms with Crippen LogP contribution in [0.4, 0.5) is 0 Å². The van der Waals surface area contributed by atoms with E-state index in [4.69, 9.17) is 33.7 Å². The van der Waals surface area contributed by atoms with Crippen molar-refractivity contribution >= 4 is 23.2 Å². The summed E-state index contributed by atoms with van der Waals surface area (Å²) in [5.41, 5.74) is 5.39. The van der Waals surface area contributed by atoms with Crippen molar-refractivity contribution in [3.05, 3.63) is 28.2 Å². The third kappa shape index (κ3) is 4.74. The number of ether oxygens (including phenoxy) is 1. The monoisotopic (exact) mass is 247 g/mol. The second kappa shape index (κ2) is 6.94. The van der Waals surface area contributed by atoms with Gasteiger partial charge in [-0.1, -0.05) is 23.2 Å². The minimum absolute atomic E-state index is 0.524. The van der Waals surface area contributed by atoms with Crippen molar-refractivity contribution in [3.8, 4) is 5.75 Å². The van der Waals surface area contributed by atoms with Crippen LogP contribution in [0.1, 0.15) is 19.3 Å². The SMILES string of the molecule is NCCCCCOc1ccc(Cl)c(Cl)c1. The zero-order chi connectivity index (χ0) is 11.1. The van der Waals surface area contributed by atoms with Crippen molar-refractivity contribution in [3.63, 3.8) is 0 Å². The molecule has 0 aromatic heterocycles. The normalized spacial score (nSPS) is 10.3. The predicted molar refractivity (Wildman–Crippen MR) is 64.9 cm³/mol. The number of hydrogen-bond donors (Lipinski definition) is 1. The first kappa shape index (κ1) is 12.6. The van der Waals surface area contributed by atoms with Gasteiger partial charge in [0.2, 0.25) is 0 Å². The lowest BCUT2D eigenvalue weighted by atomic mass is 10.2. The van der Waals surface area contributed by atoms with Crippen LogP contribution < -0.4 is 10.5 Å². The molecule has 1 rings (SSSR count). The van der Waals surface area contributed by atoms with Gasteiger partial charge in [-0.15, -0.1) is 0 Å². The van der Waals surface area contributed by atoms with E-state index in [-0.39, 0.29) is 0 Å². The first-order valence-corrected chi connectivity index (χ1v) is 5.77. The second-order valence-corrected chi connectivity index (χ2v) is 4.09. The maximum Gasteiger partial charge on any atom is 0.120 e. The van der Waals surface area contributed by atoms with Crippen LogP contribution in [-0.4, -0.2) is 13.2 Å². The Balaban J connectivity index is 2.28. The standard InChI is InChI=1S/C11H15Cl2NO/c12-10-5-4-9(8-11(10)13)15-7-3-1-2-6-14/h4-5,8H,1-3,6-7,14H2. The van der Waals surface area contributed by atoms with E-state index in [0.717, 1.165) is 31.6 Å². The van der Waals surface area contributed by atoms with Gasteiger partial charge in [0.1, 0.15) is 5.75 Å². The molecule has 0 fully saturated rings. The van der Waals surface area contributed by atoms with Gasteiger partial charge in [0, 0.05) is 6.07 Å². The van der Waals surface area contributed by atoms with Crippen LogP contribution in [0.2, 0.25) is 10.0 Å². The molecule has 0 amide bonds. The second-order valence-electron chi connectivity index (χ2n) is 3.27. The molecule has 0 saturated carbocycles. The molecule has 0 spiro atoms. The van der Waals surface area contributed by atoms with Gasteiger partial charge in [-0.25, -0.2) is 0 Å². The molecule has 0 unspecified atom stereocenters. The van der Waals surface area contributed by atoms with Gasteiger partial charge >= 0.3 is 0 Å². The van der Waals surface area contributed by atoms with Crippen LogP contribution in [-0.2, 0) is 0 Å². The van der Waals surface area contributed by atoms with E-state index in [2.05, 4.69) is 0 Å². The molecular formula is C11H15Cl2NO. The topological polar surface area (TPSA) is 35.2 Å². The summed E-state index contributed by atoms with van der Waals surface area (Å²) >= 11 is 11.6. The Kier molecular flexibility index (Phi) is 5.84. The molecule has 2 N–H and O–H groups in total. The van der Waals surface area contributed by atoms with Crippen LogP contribution in [0.15, 0.2) is 18.2 Å². The van der Waals surface area contributed by atoms with E-state index >= 15 is 0 Å². The highest BCUT2D eigenvalue weighted by molar-refractivity contribution is 6.42. The largest absolute Gasteiger partial charge is 0.494 e. The fraction of sp³-hybridized carbons (Fsp3) is 0.455. The van der Waals surface area contributed by atoms with Gasteiger partial charge in [-0.3, -0.25) is 0 Å². The summed E-state index contributed by atoms with van der Waals surface area (Å²) in [6.45, 7) is 1.44. The van der Waals surface area contributed by atoms with Gasteiger partial charge in [-0.2, -0.15) is 0 Å². The molecule has 2 nitrogen and oxygen atoms in total. The van der Waals surface area contributed by atoms with Crippen molar-refractivity contribution in [2.75, 3.05) is 13.2 Å². The Morgan fingerprint density at radius 2 is 1.87 bits per heavy atom. The predicted octanol–water partition coefficient (Wildman–Crippen LogP) is 3.50. The Labute approximate surface area is 100 Å². The van der Waals surface area contributed by atoms with E-state index in [9.17, 15) is 0 Å². The third-order valence-electron chi connectivity index (χ3n) is 2.01. The Morgan fingerprint density at radius 1 is 1.07 bits per heavy atom. The molecule has 0 radical (unpaired) electrons. The molecule has 0 atom stereocenters. The highest BCUT2D eigenvalue weighted by Crippen LogP contribution is 2.26. The van der Waals surface area contributed by atoms with Gasteiger partial charge < -0.3 is 10.5 Å². The molecule has 0 aliphatic rings. The number of nitrogens with two attached hydrogens (primary N) is 1. The zero-order valence-electron chi connectivity index (χ0n) is 8.51. The minimum atomic E-state index is 0.524. The lowest BCUT2D eigenvalue weighted by Crippen LogP contribution is -2.01. The average Bonchev–Trinajstić information content (AvgIpc) is 2.23. The smallest absolute Gasteiger partial charge is 0.120 e. The van der Waals surface area contributed by atoms with Gasteiger partial charge in [0.15, 0.2) is 0 Å². The summed E-state index contributed by atoms with van der Waals surface area (Å²) < 4.78 is 5.50. The summed E-state index contributed by atoms with van der Waals surface area (Å²) in [7, 11) is 0. The van der Waals surface area contributed by atoms with Crippen molar-refractivity contribution in [2.45, 2.75) is 19.3 Å². The molecular weight excluding hydrogens is 233 g/mol. The van der Waals surface area contributed by atoms with E-state index in [1.165, 1.54) is 0 Å². The maximum absolute atomic E-state index is 5.85. The number of rotatable bonds is 6. The van der Waals surface area contributed by atoms with Crippen molar-refractivity contribution < 1.29 is 4.74 Å². The number of benzene rings is 1. The van der Waals surface area contributed by atoms with Crippen LogP contribution in [0, 0.1) is 0 Å². The fourth-order valence-corrected chi connectivity index (χ4v) is 1.47.